The van der Waals surface area contributed by atoms with Crippen LogP contribution in [0.3, 0.4) is 0 Å². The third kappa shape index (κ3) is 6.55. The molecule has 4 rings (SSSR count). The van der Waals surface area contributed by atoms with Gasteiger partial charge in [-0.25, -0.2) is 0 Å². The number of phenolic OH excluding ortho intramolecular Hbond substituents is 1. The number of amides is 1. The Bertz CT molecular complexity index is 1580. The average molecular weight is 528 g/mol. The molecule has 200 valence electrons. The quantitative estimate of drug-likeness (QED) is 0.196. The summed E-state index contributed by atoms with van der Waals surface area (Å²) in [7, 11) is 1.53. The fourth-order valence-corrected chi connectivity index (χ4v) is 3.88. The van der Waals surface area contributed by atoms with Crippen LogP contribution in [0, 0.1) is 13.8 Å². The second kappa shape index (κ2) is 12.1. The van der Waals surface area contributed by atoms with E-state index < -0.39 is 0 Å². The molecule has 0 aliphatic rings. The van der Waals surface area contributed by atoms with Gasteiger partial charge in [0.05, 0.1) is 25.1 Å². The first-order valence-electron chi connectivity index (χ1n) is 12.2. The molecule has 0 radical (unpaired) electrons. The van der Waals surface area contributed by atoms with Gasteiger partial charge in [-0.05, 0) is 78.9 Å². The maximum Gasteiger partial charge on any atom is 0.221 e. The van der Waals surface area contributed by atoms with Crippen molar-refractivity contribution in [3.63, 3.8) is 0 Å². The summed E-state index contributed by atoms with van der Waals surface area (Å²) in [6.45, 7) is 5.40. The van der Waals surface area contributed by atoms with Gasteiger partial charge >= 0.3 is 0 Å². The van der Waals surface area contributed by atoms with Gasteiger partial charge in [0.25, 0.3) is 0 Å². The van der Waals surface area contributed by atoms with Gasteiger partial charge in [-0.1, -0.05) is 6.07 Å². The summed E-state index contributed by atoms with van der Waals surface area (Å²) in [5.41, 5.74) is 4.38. The summed E-state index contributed by atoms with van der Waals surface area (Å²) in [6, 6.07) is 17.6. The smallest absolute Gasteiger partial charge is 0.221 e. The molecule has 0 heterocycles. The van der Waals surface area contributed by atoms with E-state index in [0.29, 0.717) is 45.3 Å². The van der Waals surface area contributed by atoms with Crippen LogP contribution in [0.1, 0.15) is 18.1 Å². The van der Waals surface area contributed by atoms with Crippen LogP contribution in [-0.2, 0) is 4.79 Å². The second-order valence-corrected chi connectivity index (χ2v) is 8.78. The number of aromatic hydroxyl groups is 1. The Morgan fingerprint density at radius 1 is 0.846 bits per heavy atom. The van der Waals surface area contributed by atoms with Gasteiger partial charge in [0.1, 0.15) is 29.5 Å². The molecule has 0 atom stereocenters. The third-order valence-electron chi connectivity index (χ3n) is 5.85. The second-order valence-electron chi connectivity index (χ2n) is 8.78. The lowest BCUT2D eigenvalue weighted by Crippen LogP contribution is -2.05. The molecule has 0 saturated heterocycles. The number of aliphatic hydroxyl groups is 1. The number of methoxy groups -OCH3 is 1. The van der Waals surface area contributed by atoms with E-state index in [4.69, 9.17) is 14.6 Å². The standard InChI is InChI=1S/C29H29N5O5/c1-17-13-22(39-12-11-35)7-10-24(17)31-33-26-16-28(38-4)27(14-18(26)2)34-32-25-9-5-20-15-21(30-19(3)36)6-8-23(20)29(25)37/h5-10,13-16,35,37H,11-12H2,1-4H3,(H,30,36). The van der Waals surface area contributed by atoms with Crippen molar-refractivity contribution in [2.24, 2.45) is 20.5 Å². The van der Waals surface area contributed by atoms with Gasteiger partial charge in [-0.3, -0.25) is 4.79 Å². The molecule has 0 spiro atoms. The van der Waals surface area contributed by atoms with E-state index in [1.807, 2.05) is 19.9 Å². The van der Waals surface area contributed by atoms with E-state index >= 15 is 0 Å². The monoisotopic (exact) mass is 527 g/mol. The van der Waals surface area contributed by atoms with Crippen molar-refractivity contribution in [3.05, 3.63) is 71.8 Å². The van der Waals surface area contributed by atoms with Gasteiger partial charge in [-0.2, -0.15) is 10.2 Å². The number of rotatable bonds is 9. The highest BCUT2D eigenvalue weighted by atomic mass is 16.5. The zero-order chi connectivity index (χ0) is 27.9. The largest absolute Gasteiger partial charge is 0.505 e. The first kappa shape index (κ1) is 27.2. The number of carbonyl (C=O) groups is 1. The number of nitrogens with one attached hydrogen (secondary N) is 1. The number of ether oxygens (including phenoxy) is 2. The number of phenols is 1. The summed E-state index contributed by atoms with van der Waals surface area (Å²) in [5, 5.41) is 41.1. The fourth-order valence-electron chi connectivity index (χ4n) is 3.88. The molecule has 0 aromatic heterocycles. The number of aryl methyl sites for hydroxylation is 2. The third-order valence-corrected chi connectivity index (χ3v) is 5.85. The molecular weight excluding hydrogens is 498 g/mol. The number of carbonyl (C=O) groups excluding carboxylic acids is 1. The maximum absolute atomic E-state index is 11.3. The molecule has 3 N–H and O–H groups in total. The van der Waals surface area contributed by atoms with E-state index in [0.717, 1.165) is 16.5 Å². The molecule has 0 saturated carbocycles. The number of aliphatic hydroxyl groups excluding tert-OH is 1. The Labute approximate surface area is 225 Å². The predicted octanol–water partition coefficient (Wildman–Crippen LogP) is 7.33. The number of hydrogen-bond acceptors (Lipinski definition) is 9. The van der Waals surface area contributed by atoms with E-state index in [-0.39, 0.29) is 24.9 Å². The van der Waals surface area contributed by atoms with Gasteiger partial charge in [-0.15, -0.1) is 10.2 Å². The summed E-state index contributed by atoms with van der Waals surface area (Å²) < 4.78 is 10.9. The number of nitrogens with zero attached hydrogens (tertiary/aromatic N) is 4. The molecule has 1 amide bonds. The van der Waals surface area contributed by atoms with E-state index in [1.165, 1.54) is 14.0 Å². The predicted molar refractivity (Wildman–Crippen MR) is 150 cm³/mol. The van der Waals surface area contributed by atoms with Crippen LogP contribution < -0.4 is 14.8 Å². The lowest BCUT2D eigenvalue weighted by Gasteiger charge is -2.09. The zero-order valence-corrected chi connectivity index (χ0v) is 22.1. The zero-order valence-electron chi connectivity index (χ0n) is 22.1. The van der Waals surface area contributed by atoms with Crippen LogP contribution in [0.5, 0.6) is 17.2 Å². The number of anilines is 1. The van der Waals surface area contributed by atoms with Crippen LogP contribution in [0.2, 0.25) is 0 Å². The lowest BCUT2D eigenvalue weighted by molar-refractivity contribution is -0.114. The molecule has 0 unspecified atom stereocenters. The molecule has 0 aliphatic heterocycles. The number of fused-ring (bicyclic) bond motifs is 1. The Morgan fingerprint density at radius 3 is 2.26 bits per heavy atom. The first-order valence-corrected chi connectivity index (χ1v) is 12.2. The number of azo groups is 2. The normalized spacial score (nSPS) is 11.4. The van der Waals surface area contributed by atoms with E-state index in [9.17, 15) is 9.90 Å². The highest BCUT2D eigenvalue weighted by Gasteiger charge is 2.11. The summed E-state index contributed by atoms with van der Waals surface area (Å²) in [6.07, 6.45) is 0. The number of hydrogen-bond donors (Lipinski definition) is 3. The summed E-state index contributed by atoms with van der Waals surface area (Å²) in [4.78, 5) is 11.3. The van der Waals surface area contributed by atoms with Crippen molar-refractivity contribution in [2.45, 2.75) is 20.8 Å². The van der Waals surface area contributed by atoms with Crippen LogP contribution in [0.25, 0.3) is 10.8 Å². The van der Waals surface area contributed by atoms with Crippen LogP contribution >= 0.6 is 0 Å². The highest BCUT2D eigenvalue weighted by Crippen LogP contribution is 2.40. The summed E-state index contributed by atoms with van der Waals surface area (Å²) in [5.74, 6) is 0.910. The van der Waals surface area contributed by atoms with E-state index in [2.05, 4.69) is 25.8 Å². The van der Waals surface area contributed by atoms with Gasteiger partial charge in [0, 0.05) is 24.1 Å². The number of benzene rings is 4. The molecule has 10 nitrogen and oxygen atoms in total. The van der Waals surface area contributed by atoms with Crippen LogP contribution in [0.4, 0.5) is 28.4 Å². The molecule has 4 aromatic carbocycles. The molecule has 39 heavy (non-hydrogen) atoms. The average Bonchev–Trinajstić information content (AvgIpc) is 2.91. The minimum Gasteiger partial charge on any atom is -0.505 e. The minimum absolute atomic E-state index is 0.0186. The van der Waals surface area contributed by atoms with Crippen molar-refractivity contribution in [2.75, 3.05) is 25.6 Å². The van der Waals surface area contributed by atoms with E-state index in [1.54, 1.807) is 54.6 Å². The van der Waals surface area contributed by atoms with Gasteiger partial charge in [0.15, 0.2) is 5.75 Å². The summed E-state index contributed by atoms with van der Waals surface area (Å²) >= 11 is 0. The van der Waals surface area contributed by atoms with Crippen molar-refractivity contribution in [3.8, 4) is 17.2 Å². The fraction of sp³-hybridized carbons (Fsp3) is 0.207. The van der Waals surface area contributed by atoms with Crippen LogP contribution in [-0.4, -0.2) is 36.4 Å². The molecule has 10 heteroatoms. The Kier molecular flexibility index (Phi) is 8.47. The van der Waals surface area contributed by atoms with Crippen LogP contribution in [0.15, 0.2) is 81.1 Å². The molecular formula is C29H29N5O5. The van der Waals surface area contributed by atoms with Crippen molar-refractivity contribution in [1.29, 1.82) is 0 Å². The minimum atomic E-state index is -0.171. The maximum atomic E-state index is 11.3. The Hall–Kier alpha value is -4.83. The Balaban J connectivity index is 1.57. The molecule has 0 fully saturated rings. The van der Waals surface area contributed by atoms with Gasteiger partial charge < -0.3 is 25.0 Å². The highest BCUT2D eigenvalue weighted by molar-refractivity contribution is 5.97. The van der Waals surface area contributed by atoms with Crippen molar-refractivity contribution >= 4 is 45.1 Å². The van der Waals surface area contributed by atoms with Gasteiger partial charge in [0.2, 0.25) is 5.91 Å². The van der Waals surface area contributed by atoms with Crippen molar-refractivity contribution < 1.29 is 24.5 Å². The molecule has 0 aliphatic carbocycles. The Morgan fingerprint density at radius 2 is 1.54 bits per heavy atom. The van der Waals surface area contributed by atoms with Crippen molar-refractivity contribution in [1.82, 2.24) is 0 Å². The lowest BCUT2D eigenvalue weighted by atomic mass is 10.1. The molecule has 4 aromatic rings. The first-order chi connectivity index (χ1) is 18.8. The molecule has 0 bridgehead atoms. The topological polar surface area (TPSA) is 137 Å². The SMILES string of the molecule is COc1cc(N=Nc2ccc(OCCO)cc2C)c(C)cc1N=Nc1ccc2cc(NC(C)=O)ccc2c1O.